The molecule has 0 spiro atoms. The number of likely N-dealkylation sites (N-methyl/N-ethyl adjacent to an activating group) is 1. The molecular weight excluding hydrogens is 505 g/mol. The number of halogens is 1. The summed E-state index contributed by atoms with van der Waals surface area (Å²) in [5.41, 5.74) is 0. The second-order valence-electron chi connectivity index (χ2n) is 7.50. The van der Waals surface area contributed by atoms with Gasteiger partial charge in [-0.05, 0) is 45.7 Å². The molecule has 2 aliphatic heterocycles. The smallest absolute Gasteiger partial charge is 0.213 e. The van der Waals surface area contributed by atoms with Gasteiger partial charge in [-0.1, -0.05) is 13.8 Å². The number of likely N-dealkylation sites (tertiary alicyclic amines) is 1. The molecule has 2 saturated heterocycles. The van der Waals surface area contributed by atoms with Gasteiger partial charge in [0.05, 0.1) is 18.4 Å². The van der Waals surface area contributed by atoms with Crippen LogP contribution in [0.25, 0.3) is 0 Å². The molecule has 0 bridgehead atoms. The third-order valence-corrected chi connectivity index (χ3v) is 6.88. The first-order valence-corrected chi connectivity index (χ1v) is 12.5. The van der Waals surface area contributed by atoms with Gasteiger partial charge in [0.15, 0.2) is 5.96 Å². The molecule has 2 rings (SSSR count). The fourth-order valence-corrected chi connectivity index (χ4v) is 4.85. The van der Waals surface area contributed by atoms with Gasteiger partial charge in [0, 0.05) is 38.8 Å². The second kappa shape index (κ2) is 14.0. The Morgan fingerprint density at radius 3 is 2.59 bits per heavy atom. The van der Waals surface area contributed by atoms with E-state index in [1.54, 1.807) is 0 Å². The van der Waals surface area contributed by atoms with E-state index < -0.39 is 10.0 Å². The maximum Gasteiger partial charge on any atom is 0.213 e. The average Bonchev–Trinajstić information content (AvgIpc) is 3.17. The molecule has 2 heterocycles. The molecule has 2 aliphatic rings. The van der Waals surface area contributed by atoms with Crippen molar-refractivity contribution in [3.05, 3.63) is 0 Å². The number of hydrogen-bond donors (Lipinski definition) is 2. The van der Waals surface area contributed by atoms with E-state index in [2.05, 4.69) is 38.7 Å². The summed E-state index contributed by atoms with van der Waals surface area (Å²) in [7, 11) is -3.34. The Morgan fingerprint density at radius 1 is 1.21 bits per heavy atom. The zero-order valence-electron chi connectivity index (χ0n) is 18.2. The SMILES string of the molecule is CCNC(=NCCS(=O)(=O)NCC1CCCCO1)N1CCC(N(CC)CC)C1.I. The number of nitrogens with one attached hydrogen (secondary N) is 2. The van der Waals surface area contributed by atoms with Gasteiger partial charge < -0.3 is 15.0 Å². The Hall–Kier alpha value is -0.170. The molecule has 29 heavy (non-hydrogen) atoms. The maximum absolute atomic E-state index is 12.3. The monoisotopic (exact) mass is 545 g/mol. The lowest BCUT2D eigenvalue weighted by molar-refractivity contribution is 0.0200. The van der Waals surface area contributed by atoms with E-state index in [4.69, 9.17) is 4.74 Å². The Morgan fingerprint density at radius 2 is 1.97 bits per heavy atom. The number of rotatable bonds is 10. The molecule has 2 N–H and O–H groups in total. The highest BCUT2D eigenvalue weighted by molar-refractivity contribution is 14.0. The van der Waals surface area contributed by atoms with Crippen LogP contribution in [0.15, 0.2) is 4.99 Å². The van der Waals surface area contributed by atoms with Crippen molar-refractivity contribution in [3.63, 3.8) is 0 Å². The Labute approximate surface area is 194 Å². The number of nitrogens with zero attached hydrogens (tertiary/aromatic N) is 3. The first-order valence-electron chi connectivity index (χ1n) is 10.8. The van der Waals surface area contributed by atoms with Crippen LogP contribution in [0.2, 0.25) is 0 Å². The van der Waals surface area contributed by atoms with E-state index in [0.717, 1.165) is 71.0 Å². The van der Waals surface area contributed by atoms with Crippen molar-refractivity contribution >= 4 is 40.0 Å². The normalized spacial score (nSPS) is 23.3. The minimum atomic E-state index is -3.34. The summed E-state index contributed by atoms with van der Waals surface area (Å²) in [6.45, 7) is 12.6. The number of aliphatic imine (C=N–C) groups is 1. The first kappa shape index (κ1) is 26.9. The molecule has 2 fully saturated rings. The fourth-order valence-electron chi connectivity index (χ4n) is 3.93. The van der Waals surface area contributed by atoms with Crippen molar-refractivity contribution in [3.8, 4) is 0 Å². The van der Waals surface area contributed by atoms with Crippen LogP contribution in [0.4, 0.5) is 0 Å². The van der Waals surface area contributed by atoms with E-state index >= 15 is 0 Å². The lowest BCUT2D eigenvalue weighted by Gasteiger charge is -2.27. The molecule has 0 saturated carbocycles. The highest BCUT2D eigenvalue weighted by Gasteiger charge is 2.28. The zero-order chi connectivity index (χ0) is 20.4. The number of hydrogen-bond acceptors (Lipinski definition) is 5. The van der Waals surface area contributed by atoms with Gasteiger partial charge in [-0.15, -0.1) is 24.0 Å². The van der Waals surface area contributed by atoms with Gasteiger partial charge in [0.25, 0.3) is 0 Å². The van der Waals surface area contributed by atoms with Gasteiger partial charge >= 0.3 is 0 Å². The number of ether oxygens (including phenoxy) is 1. The summed E-state index contributed by atoms with van der Waals surface area (Å²) < 4.78 is 32.8. The van der Waals surface area contributed by atoms with Crippen LogP contribution in [0, 0.1) is 0 Å². The Balaban J connectivity index is 0.00000420. The average molecular weight is 546 g/mol. The highest BCUT2D eigenvalue weighted by Crippen LogP contribution is 2.15. The quantitative estimate of drug-likeness (QED) is 0.246. The van der Waals surface area contributed by atoms with Crippen LogP contribution in [0.5, 0.6) is 0 Å². The first-order chi connectivity index (χ1) is 13.5. The van der Waals surface area contributed by atoms with E-state index in [1.807, 2.05) is 6.92 Å². The maximum atomic E-state index is 12.3. The second-order valence-corrected chi connectivity index (χ2v) is 9.43. The molecule has 8 nitrogen and oxygen atoms in total. The molecule has 2 unspecified atom stereocenters. The van der Waals surface area contributed by atoms with Crippen molar-refractivity contribution in [1.29, 1.82) is 0 Å². The van der Waals surface area contributed by atoms with Gasteiger partial charge in [-0.2, -0.15) is 0 Å². The van der Waals surface area contributed by atoms with E-state index in [0.29, 0.717) is 12.6 Å². The molecular formula is C19H40IN5O3S. The van der Waals surface area contributed by atoms with Crippen LogP contribution < -0.4 is 10.0 Å². The van der Waals surface area contributed by atoms with E-state index in [-0.39, 0.29) is 42.4 Å². The van der Waals surface area contributed by atoms with E-state index in [9.17, 15) is 8.42 Å². The standard InChI is InChI=1S/C19H39N5O3S.HI/c1-4-20-19(24-12-10-17(16-24)23(5-2)6-3)21-11-14-28(25,26)22-15-18-9-7-8-13-27-18;/h17-18,22H,4-16H2,1-3H3,(H,20,21);1H. The molecule has 10 heteroatoms. The fraction of sp³-hybridized carbons (Fsp3) is 0.947. The molecule has 0 aromatic carbocycles. The van der Waals surface area contributed by atoms with Crippen LogP contribution in [-0.4, -0.2) is 94.5 Å². The number of sulfonamides is 1. The van der Waals surface area contributed by atoms with Crippen molar-refractivity contribution in [2.75, 3.05) is 58.2 Å². The third-order valence-electron chi connectivity index (χ3n) is 5.55. The Bertz CT molecular complexity index is 580. The van der Waals surface area contributed by atoms with Crippen molar-refractivity contribution in [2.24, 2.45) is 4.99 Å². The molecule has 2 atom stereocenters. The minimum Gasteiger partial charge on any atom is -0.377 e. The predicted octanol–water partition coefficient (Wildman–Crippen LogP) is 1.47. The summed E-state index contributed by atoms with van der Waals surface area (Å²) in [4.78, 5) is 9.31. The van der Waals surface area contributed by atoms with Crippen LogP contribution >= 0.6 is 24.0 Å². The van der Waals surface area contributed by atoms with Crippen LogP contribution in [0.3, 0.4) is 0 Å². The summed E-state index contributed by atoms with van der Waals surface area (Å²) in [5.74, 6) is 0.824. The van der Waals surface area contributed by atoms with Gasteiger partial charge in [0.1, 0.15) is 0 Å². The summed E-state index contributed by atoms with van der Waals surface area (Å²) in [6, 6.07) is 0.541. The van der Waals surface area contributed by atoms with E-state index in [1.165, 1.54) is 0 Å². The van der Waals surface area contributed by atoms with Crippen molar-refractivity contribution < 1.29 is 13.2 Å². The van der Waals surface area contributed by atoms with Gasteiger partial charge in [-0.25, -0.2) is 13.1 Å². The molecule has 0 radical (unpaired) electrons. The lowest BCUT2D eigenvalue weighted by atomic mass is 10.1. The summed E-state index contributed by atoms with van der Waals surface area (Å²) in [6.07, 6.45) is 4.22. The minimum absolute atomic E-state index is 0. The van der Waals surface area contributed by atoms with Crippen molar-refractivity contribution in [1.82, 2.24) is 19.8 Å². The molecule has 172 valence electrons. The van der Waals surface area contributed by atoms with Gasteiger partial charge in [0.2, 0.25) is 10.0 Å². The van der Waals surface area contributed by atoms with Crippen LogP contribution in [-0.2, 0) is 14.8 Å². The lowest BCUT2D eigenvalue weighted by Crippen LogP contribution is -2.43. The molecule has 0 aromatic rings. The molecule has 0 aromatic heterocycles. The summed E-state index contributed by atoms with van der Waals surface area (Å²) in [5, 5.41) is 3.31. The highest BCUT2D eigenvalue weighted by atomic mass is 127. The zero-order valence-corrected chi connectivity index (χ0v) is 21.4. The third kappa shape index (κ3) is 9.24. The van der Waals surface area contributed by atoms with Crippen molar-refractivity contribution in [2.45, 2.75) is 58.6 Å². The molecule has 0 amide bonds. The summed E-state index contributed by atoms with van der Waals surface area (Å²) >= 11 is 0. The van der Waals surface area contributed by atoms with Gasteiger partial charge in [-0.3, -0.25) is 9.89 Å². The molecule has 0 aliphatic carbocycles. The topological polar surface area (TPSA) is 86.3 Å². The number of guanidine groups is 1. The Kier molecular flexibility index (Phi) is 13.0. The van der Waals surface area contributed by atoms with Crippen LogP contribution in [0.1, 0.15) is 46.5 Å². The largest absolute Gasteiger partial charge is 0.377 e. The predicted molar refractivity (Wildman–Crippen MR) is 130 cm³/mol.